The normalized spacial score (nSPS) is 13.5. The van der Waals surface area contributed by atoms with E-state index < -0.39 is 52.6 Å². The Labute approximate surface area is 220 Å². The van der Waals surface area contributed by atoms with Gasteiger partial charge in [0, 0.05) is 31.5 Å². The third kappa shape index (κ3) is 6.84. The second kappa shape index (κ2) is 11.4. The lowest BCUT2D eigenvalue weighted by Gasteiger charge is -2.20. The number of pyridine rings is 1. The number of nitrogens with zero attached hydrogens (tertiary/aromatic N) is 2. The van der Waals surface area contributed by atoms with E-state index >= 15 is 0 Å². The summed E-state index contributed by atoms with van der Waals surface area (Å²) >= 11 is 6.06. The SMILES string of the molecule is CN(C(=O)/C(N)=C(/NCc1cc(C(F)(F)F)cc(C(F)(F)F)c1)c1ccncc1)S(=O)c1ccccc1Cl. The van der Waals surface area contributed by atoms with Gasteiger partial charge in [-0.25, -0.2) is 4.21 Å². The molecule has 0 aliphatic rings. The summed E-state index contributed by atoms with van der Waals surface area (Å²) in [6.45, 7) is -0.560. The van der Waals surface area contributed by atoms with Crippen molar-refractivity contribution in [2.75, 3.05) is 7.05 Å². The maximum atomic E-state index is 13.3. The van der Waals surface area contributed by atoms with Crippen molar-refractivity contribution in [2.24, 2.45) is 5.73 Å². The van der Waals surface area contributed by atoms with Crippen molar-refractivity contribution in [3.63, 3.8) is 0 Å². The zero-order chi connectivity index (χ0) is 28.3. The first-order valence-electron chi connectivity index (χ1n) is 10.6. The lowest BCUT2D eigenvalue weighted by Crippen LogP contribution is -2.35. The average Bonchev–Trinajstić information content (AvgIpc) is 2.87. The number of benzene rings is 2. The predicted octanol–water partition coefficient (Wildman–Crippen LogP) is 5.37. The van der Waals surface area contributed by atoms with E-state index in [9.17, 15) is 35.3 Å². The summed E-state index contributed by atoms with van der Waals surface area (Å²) < 4.78 is 93.2. The lowest BCUT2D eigenvalue weighted by atomic mass is 10.0. The van der Waals surface area contributed by atoms with Gasteiger partial charge in [0.25, 0.3) is 5.91 Å². The summed E-state index contributed by atoms with van der Waals surface area (Å²) in [5.41, 5.74) is 2.38. The van der Waals surface area contributed by atoms with Crippen molar-refractivity contribution in [1.82, 2.24) is 14.6 Å². The molecule has 38 heavy (non-hydrogen) atoms. The van der Waals surface area contributed by atoms with E-state index in [1.807, 2.05) is 0 Å². The molecular weight excluding hydrogens is 558 g/mol. The molecule has 1 atom stereocenters. The minimum Gasteiger partial charge on any atom is -0.393 e. The standard InChI is InChI=1S/C24H19ClF6N4O2S/c1-35(38(37)19-5-3-2-4-18(19)25)22(36)20(32)21(15-6-8-33-9-7-15)34-13-14-10-16(23(26,27)28)12-17(11-14)24(29,30)31/h2-12,34H,13,32H2,1H3/b21-20-. The number of carbonyl (C=O) groups excluding carboxylic acids is 1. The Morgan fingerprint density at radius 1 is 1.00 bits per heavy atom. The van der Waals surface area contributed by atoms with Crippen LogP contribution in [0.15, 0.2) is 77.6 Å². The van der Waals surface area contributed by atoms with Gasteiger partial charge in [0.1, 0.15) is 5.70 Å². The molecule has 3 rings (SSSR count). The second-order valence-corrected chi connectivity index (χ2v) is 9.67. The van der Waals surface area contributed by atoms with E-state index in [1.54, 1.807) is 12.1 Å². The first kappa shape index (κ1) is 29.0. The van der Waals surface area contributed by atoms with Crippen molar-refractivity contribution < 1.29 is 35.3 Å². The molecule has 0 aliphatic heterocycles. The van der Waals surface area contributed by atoms with Crippen LogP contribution in [0.3, 0.4) is 0 Å². The highest BCUT2D eigenvalue weighted by atomic mass is 35.5. The summed E-state index contributed by atoms with van der Waals surface area (Å²) in [5, 5.41) is 2.79. The minimum absolute atomic E-state index is 0.0139. The van der Waals surface area contributed by atoms with Gasteiger partial charge in [0.05, 0.1) is 26.7 Å². The van der Waals surface area contributed by atoms with Gasteiger partial charge in [-0.05, 0) is 48.0 Å². The minimum atomic E-state index is -5.03. The Morgan fingerprint density at radius 2 is 1.55 bits per heavy atom. The molecule has 14 heteroatoms. The maximum absolute atomic E-state index is 13.3. The number of likely N-dealkylation sites (N-methyl/N-ethyl adjacent to an activating group) is 1. The van der Waals surface area contributed by atoms with Crippen LogP contribution in [0.2, 0.25) is 5.02 Å². The number of amides is 1. The Morgan fingerprint density at radius 3 is 2.08 bits per heavy atom. The number of hydrogen-bond donors (Lipinski definition) is 2. The third-order valence-corrected chi connectivity index (χ3v) is 6.98. The van der Waals surface area contributed by atoms with Crippen LogP contribution in [0.25, 0.3) is 5.70 Å². The topological polar surface area (TPSA) is 88.3 Å². The monoisotopic (exact) mass is 576 g/mol. The molecule has 0 radical (unpaired) electrons. The van der Waals surface area contributed by atoms with Crippen LogP contribution >= 0.6 is 11.6 Å². The van der Waals surface area contributed by atoms with Gasteiger partial charge in [-0.15, -0.1) is 0 Å². The van der Waals surface area contributed by atoms with Gasteiger partial charge in [-0.2, -0.15) is 26.3 Å². The molecule has 1 unspecified atom stereocenters. The summed E-state index contributed by atoms with van der Waals surface area (Å²) in [6, 6.07) is 10.0. The van der Waals surface area contributed by atoms with Crippen LogP contribution < -0.4 is 11.1 Å². The van der Waals surface area contributed by atoms with Crippen molar-refractivity contribution in [3.05, 3.63) is 100.0 Å². The van der Waals surface area contributed by atoms with Crippen molar-refractivity contribution in [3.8, 4) is 0 Å². The van der Waals surface area contributed by atoms with E-state index in [0.717, 1.165) is 4.31 Å². The van der Waals surface area contributed by atoms with Crippen LogP contribution in [-0.2, 0) is 34.7 Å². The van der Waals surface area contributed by atoms with E-state index in [-0.39, 0.29) is 32.8 Å². The lowest BCUT2D eigenvalue weighted by molar-refractivity contribution is -0.143. The molecule has 202 valence electrons. The quantitative estimate of drug-likeness (QED) is 0.292. The first-order chi connectivity index (χ1) is 17.7. The first-order valence-corrected chi connectivity index (χ1v) is 12.1. The number of nitrogens with one attached hydrogen (secondary N) is 1. The summed E-state index contributed by atoms with van der Waals surface area (Å²) in [7, 11) is -0.886. The number of halogens is 7. The number of aromatic nitrogens is 1. The number of nitrogens with two attached hydrogens (primary N) is 1. The summed E-state index contributed by atoms with van der Waals surface area (Å²) in [6.07, 6.45) is -7.38. The Balaban J connectivity index is 2.00. The highest BCUT2D eigenvalue weighted by Gasteiger charge is 2.37. The molecule has 1 amide bonds. The van der Waals surface area contributed by atoms with Gasteiger partial charge in [-0.3, -0.25) is 14.1 Å². The Hall–Kier alpha value is -3.58. The fraction of sp³-hybridized carbons (Fsp3) is 0.167. The fourth-order valence-electron chi connectivity index (χ4n) is 3.27. The van der Waals surface area contributed by atoms with E-state index in [2.05, 4.69) is 10.3 Å². The van der Waals surface area contributed by atoms with Gasteiger partial charge in [0.15, 0.2) is 11.0 Å². The third-order valence-electron chi connectivity index (χ3n) is 5.14. The number of hydrogen-bond acceptors (Lipinski definition) is 5. The van der Waals surface area contributed by atoms with E-state index in [0.29, 0.717) is 12.1 Å². The predicted molar refractivity (Wildman–Crippen MR) is 129 cm³/mol. The highest BCUT2D eigenvalue weighted by molar-refractivity contribution is 7.83. The Kier molecular flexibility index (Phi) is 8.72. The second-order valence-electron chi connectivity index (χ2n) is 7.77. The van der Waals surface area contributed by atoms with Crippen LogP contribution in [0, 0.1) is 0 Å². The van der Waals surface area contributed by atoms with Gasteiger partial charge in [-0.1, -0.05) is 23.7 Å². The molecule has 2 aromatic carbocycles. The zero-order valence-electron chi connectivity index (χ0n) is 19.4. The molecule has 6 nitrogen and oxygen atoms in total. The summed E-state index contributed by atoms with van der Waals surface area (Å²) in [5.74, 6) is -0.942. The van der Waals surface area contributed by atoms with Crippen LogP contribution in [-0.4, -0.2) is 26.5 Å². The highest BCUT2D eigenvalue weighted by Crippen LogP contribution is 2.36. The molecule has 0 bridgehead atoms. The molecule has 1 aromatic heterocycles. The number of rotatable bonds is 7. The van der Waals surface area contributed by atoms with Gasteiger partial charge in [0.2, 0.25) is 0 Å². The number of alkyl halides is 6. The largest absolute Gasteiger partial charge is 0.416 e. The van der Waals surface area contributed by atoms with Crippen molar-refractivity contribution >= 4 is 34.2 Å². The molecule has 0 fully saturated rings. The van der Waals surface area contributed by atoms with Crippen LogP contribution in [0.4, 0.5) is 26.3 Å². The smallest absolute Gasteiger partial charge is 0.393 e. The average molecular weight is 577 g/mol. The molecule has 3 N–H and O–H groups in total. The molecule has 0 spiro atoms. The van der Waals surface area contributed by atoms with Crippen LogP contribution in [0.1, 0.15) is 22.3 Å². The van der Waals surface area contributed by atoms with E-state index in [4.69, 9.17) is 17.3 Å². The molecule has 0 aliphatic carbocycles. The number of carbonyl (C=O) groups is 1. The summed E-state index contributed by atoms with van der Waals surface area (Å²) in [4.78, 5) is 17.1. The van der Waals surface area contributed by atoms with Crippen LogP contribution in [0.5, 0.6) is 0 Å². The zero-order valence-corrected chi connectivity index (χ0v) is 21.0. The molecule has 0 saturated heterocycles. The molecule has 3 aromatic rings. The molecule has 1 heterocycles. The van der Waals surface area contributed by atoms with Crippen molar-refractivity contribution in [2.45, 2.75) is 23.8 Å². The van der Waals surface area contributed by atoms with E-state index in [1.165, 1.54) is 43.7 Å². The molecule has 0 saturated carbocycles. The van der Waals surface area contributed by atoms with Crippen molar-refractivity contribution in [1.29, 1.82) is 0 Å². The van der Waals surface area contributed by atoms with Gasteiger partial charge < -0.3 is 11.1 Å². The Bertz CT molecular complexity index is 1350. The maximum Gasteiger partial charge on any atom is 0.416 e. The van der Waals surface area contributed by atoms with Gasteiger partial charge >= 0.3 is 12.4 Å². The fourth-order valence-corrected chi connectivity index (χ4v) is 4.58. The molecular formula is C24H19ClF6N4O2S.